The summed E-state index contributed by atoms with van der Waals surface area (Å²) in [4.78, 5) is 16.1. The number of anilines is 1. The lowest BCUT2D eigenvalue weighted by Crippen LogP contribution is -2.43. The Labute approximate surface area is 328 Å². The van der Waals surface area contributed by atoms with Crippen LogP contribution in [0.15, 0.2) is 24.3 Å². The maximum atomic E-state index is 17.5. The van der Waals surface area contributed by atoms with Gasteiger partial charge in [0.05, 0.1) is 22.8 Å². The molecule has 1 aliphatic carbocycles. The van der Waals surface area contributed by atoms with Crippen molar-refractivity contribution >= 4 is 35.6 Å². The van der Waals surface area contributed by atoms with Gasteiger partial charge in [-0.3, -0.25) is 4.90 Å². The highest BCUT2D eigenvalue weighted by Crippen LogP contribution is 2.45. The van der Waals surface area contributed by atoms with E-state index in [0.29, 0.717) is 36.6 Å². The van der Waals surface area contributed by atoms with Crippen molar-refractivity contribution in [3.63, 3.8) is 0 Å². The monoisotopic (exact) mass is 789 g/mol. The van der Waals surface area contributed by atoms with Gasteiger partial charge in [0.2, 0.25) is 5.88 Å². The maximum absolute atomic E-state index is 17.5. The van der Waals surface area contributed by atoms with E-state index in [2.05, 4.69) is 73.2 Å². The highest BCUT2D eigenvalue weighted by atomic mass is 28.3. The van der Waals surface area contributed by atoms with Crippen LogP contribution < -0.4 is 14.8 Å². The van der Waals surface area contributed by atoms with Gasteiger partial charge in [-0.15, -0.1) is 5.54 Å². The quantitative estimate of drug-likeness (QED) is 0.0956. The Balaban J connectivity index is 1.45. The normalized spacial score (nSPS) is 20.7. The third-order valence-corrected chi connectivity index (χ3v) is 18.6. The fraction of sp³-hybridized carbons (Fsp3) is 0.558. The van der Waals surface area contributed by atoms with Crippen molar-refractivity contribution in [1.82, 2.24) is 19.9 Å². The minimum absolute atomic E-state index is 0.00578. The van der Waals surface area contributed by atoms with Crippen LogP contribution in [0.2, 0.25) is 16.6 Å². The summed E-state index contributed by atoms with van der Waals surface area (Å²) in [7, 11) is -2.33. The zero-order valence-corrected chi connectivity index (χ0v) is 34.7. The molecule has 0 spiro atoms. The van der Waals surface area contributed by atoms with E-state index >= 15 is 8.78 Å². The Bertz CT molecular complexity index is 2200. The zero-order chi connectivity index (χ0) is 40.3. The van der Waals surface area contributed by atoms with Gasteiger partial charge in [0.1, 0.15) is 54.8 Å². The Kier molecular flexibility index (Phi) is 10.7. The number of aliphatic hydroxyl groups is 1. The van der Waals surface area contributed by atoms with Crippen LogP contribution in [-0.4, -0.2) is 87.8 Å². The number of aromatic hydroxyl groups is 1. The van der Waals surface area contributed by atoms with Gasteiger partial charge in [0.15, 0.2) is 5.82 Å². The lowest BCUT2D eigenvalue weighted by Gasteiger charge is -2.38. The van der Waals surface area contributed by atoms with E-state index in [1.165, 1.54) is 24.3 Å². The van der Waals surface area contributed by atoms with Crippen molar-refractivity contribution in [2.24, 2.45) is 0 Å². The van der Waals surface area contributed by atoms with Gasteiger partial charge < -0.3 is 25.0 Å². The van der Waals surface area contributed by atoms with Crippen LogP contribution in [0, 0.1) is 23.1 Å². The number of nitrogens with zero attached hydrogens (tertiary/aromatic N) is 4. The predicted octanol–water partition coefficient (Wildman–Crippen LogP) is 9.08. The average Bonchev–Trinajstić information content (AvgIpc) is 3.61. The van der Waals surface area contributed by atoms with Crippen LogP contribution in [0.1, 0.15) is 93.1 Å². The molecule has 300 valence electrons. The van der Waals surface area contributed by atoms with Crippen molar-refractivity contribution in [3.05, 3.63) is 41.5 Å². The number of hydrogen-bond donors (Lipinski definition) is 3. The molecule has 2 saturated heterocycles. The molecule has 56 heavy (non-hydrogen) atoms. The van der Waals surface area contributed by atoms with Crippen LogP contribution in [0.4, 0.5) is 19.0 Å². The molecular formula is C43H54F3N5O4Si. The lowest BCUT2D eigenvalue weighted by molar-refractivity contribution is 0.107. The van der Waals surface area contributed by atoms with Gasteiger partial charge in [-0.1, -0.05) is 53.5 Å². The molecule has 2 atom stereocenters. The van der Waals surface area contributed by atoms with Crippen LogP contribution in [0.5, 0.6) is 17.6 Å². The molecule has 7 rings (SSSR count). The molecule has 0 radical (unpaired) electrons. The number of nitrogens with one attached hydrogen (secondary N) is 1. The molecular weight excluding hydrogens is 736 g/mol. The Hall–Kier alpha value is -4.12. The number of rotatable bonds is 12. The van der Waals surface area contributed by atoms with Gasteiger partial charge in [0.25, 0.3) is 0 Å². The molecule has 4 heterocycles. The van der Waals surface area contributed by atoms with Crippen molar-refractivity contribution in [2.75, 3.05) is 31.6 Å². The number of phenolic OH excluding ortho intramolecular Hbond substituents is 1. The predicted molar refractivity (Wildman–Crippen MR) is 217 cm³/mol. The molecule has 2 aromatic carbocycles. The smallest absolute Gasteiger partial charge is 0.319 e. The summed E-state index contributed by atoms with van der Waals surface area (Å²) in [6.07, 6.45) is 1.83. The number of alkyl halides is 1. The summed E-state index contributed by atoms with van der Waals surface area (Å²) in [5.74, 6) is 1.81. The lowest BCUT2D eigenvalue weighted by atomic mass is 9.95. The summed E-state index contributed by atoms with van der Waals surface area (Å²) in [6, 6.07) is 5.59. The molecule has 13 heteroatoms. The Morgan fingerprint density at radius 1 is 0.982 bits per heavy atom. The second kappa shape index (κ2) is 15.0. The zero-order valence-electron chi connectivity index (χ0n) is 33.7. The third-order valence-electron chi connectivity index (χ3n) is 12.3. The summed E-state index contributed by atoms with van der Waals surface area (Å²) in [5.41, 5.74) is 2.84. The minimum Gasteiger partial charge on any atom is -0.508 e. The van der Waals surface area contributed by atoms with Gasteiger partial charge in [-0.05, 0) is 86.3 Å². The number of fused-ring (bicyclic) bond motifs is 3. The maximum Gasteiger partial charge on any atom is 0.319 e. The first-order valence-corrected chi connectivity index (χ1v) is 22.2. The summed E-state index contributed by atoms with van der Waals surface area (Å²) in [6.45, 7) is 18.0. The standard InChI is InChI=1S/C43H54F3N5O4Si/c1-24(2)55-40-35-38(49-41(50-39(35)47-22-43(53)14-15-43)54-23-42-13-9-16-51(42)21-29(44)20-42)36(46)37(48-40)32-19-30(52)18-28-10-11-33(45)31(34(28)32)12-17-56(25(3)4,26(5)6)27(7)8/h10-11,18-19,24-27,29,52-53H,9,13-16,20-23H2,1-8H3,(H,47,49,50)/t29-,42+/m1/s1. The average molecular weight is 790 g/mol. The molecule has 4 aromatic rings. The molecule has 0 unspecified atom stereocenters. The van der Waals surface area contributed by atoms with Crippen LogP contribution in [0.25, 0.3) is 32.9 Å². The first-order valence-electron chi connectivity index (χ1n) is 20.0. The molecule has 0 bridgehead atoms. The number of hydrogen-bond acceptors (Lipinski definition) is 9. The summed E-state index contributed by atoms with van der Waals surface area (Å²) in [5, 5.41) is 25.9. The molecule has 3 aliphatic rings. The highest BCUT2D eigenvalue weighted by Gasteiger charge is 2.49. The molecule has 3 fully saturated rings. The Morgan fingerprint density at radius 2 is 1.70 bits per heavy atom. The first kappa shape index (κ1) is 40.1. The Morgan fingerprint density at radius 3 is 2.36 bits per heavy atom. The van der Waals surface area contributed by atoms with E-state index in [1.807, 2.05) is 13.8 Å². The number of halogens is 3. The highest BCUT2D eigenvalue weighted by molar-refractivity contribution is 6.90. The van der Waals surface area contributed by atoms with Crippen LogP contribution >= 0.6 is 0 Å². The van der Waals surface area contributed by atoms with Crippen LogP contribution in [-0.2, 0) is 0 Å². The fourth-order valence-corrected chi connectivity index (χ4v) is 14.6. The topological polar surface area (TPSA) is 113 Å². The molecule has 0 amide bonds. The van der Waals surface area contributed by atoms with Gasteiger partial charge in [0, 0.05) is 30.5 Å². The largest absolute Gasteiger partial charge is 0.508 e. The number of benzene rings is 2. The van der Waals surface area contributed by atoms with E-state index < -0.39 is 43.1 Å². The SMILES string of the molecule is CC(C)Oc1nc(-c2cc(O)cc3ccc(F)c(C#C[Si](C(C)C)(C(C)C)C(C)C)c23)c(F)c2nc(OC[C@@]34CCCN3C[C@H](F)C4)nc(NCC3(O)CC3)c12. The number of phenols is 1. The van der Waals surface area contributed by atoms with E-state index in [1.54, 1.807) is 0 Å². The van der Waals surface area contributed by atoms with Gasteiger partial charge >= 0.3 is 6.01 Å². The van der Waals surface area contributed by atoms with E-state index in [4.69, 9.17) is 14.5 Å². The van der Waals surface area contributed by atoms with Crippen LogP contribution in [0.3, 0.4) is 0 Å². The molecule has 3 N–H and O–H groups in total. The van der Waals surface area contributed by atoms with Gasteiger partial charge in [-0.25, -0.2) is 18.2 Å². The second-order valence-electron chi connectivity index (χ2n) is 17.4. The van der Waals surface area contributed by atoms with E-state index in [9.17, 15) is 14.6 Å². The molecule has 9 nitrogen and oxygen atoms in total. The van der Waals surface area contributed by atoms with E-state index in [-0.39, 0.29) is 81.0 Å². The minimum atomic E-state index is -2.33. The van der Waals surface area contributed by atoms with Crippen molar-refractivity contribution in [3.8, 4) is 40.4 Å². The molecule has 2 aromatic heterocycles. The number of aromatic nitrogens is 3. The summed E-state index contributed by atoms with van der Waals surface area (Å²) < 4.78 is 60.8. The van der Waals surface area contributed by atoms with Crippen molar-refractivity contribution in [2.45, 2.75) is 128 Å². The first-order chi connectivity index (χ1) is 26.5. The molecule has 2 aliphatic heterocycles. The van der Waals surface area contributed by atoms with Gasteiger partial charge in [-0.2, -0.15) is 9.97 Å². The van der Waals surface area contributed by atoms with E-state index in [0.717, 1.165) is 19.4 Å². The fourth-order valence-electron chi connectivity index (χ4n) is 9.35. The number of ether oxygens (including phenoxy) is 2. The van der Waals surface area contributed by atoms with Crippen molar-refractivity contribution < 1.29 is 32.9 Å². The third kappa shape index (κ3) is 7.29. The molecule has 1 saturated carbocycles. The summed E-state index contributed by atoms with van der Waals surface area (Å²) >= 11 is 0. The second-order valence-corrected chi connectivity index (χ2v) is 23.0. The number of pyridine rings is 1. The van der Waals surface area contributed by atoms with Crippen molar-refractivity contribution in [1.29, 1.82) is 0 Å².